The molecule has 4 heteroatoms. The second-order valence-electron chi connectivity index (χ2n) is 5.50. The van der Waals surface area contributed by atoms with Gasteiger partial charge in [-0.05, 0) is 39.8 Å². The van der Waals surface area contributed by atoms with Gasteiger partial charge in [-0.2, -0.15) is 0 Å². The Morgan fingerprint density at radius 2 is 2.05 bits per heavy atom. The number of hydrogen-bond donors (Lipinski definition) is 1. The number of benzene rings is 1. The van der Waals surface area contributed by atoms with Crippen LogP contribution in [0.15, 0.2) is 18.2 Å². The van der Waals surface area contributed by atoms with E-state index in [2.05, 4.69) is 24.1 Å². The summed E-state index contributed by atoms with van der Waals surface area (Å²) in [5, 5.41) is 3.25. The normalized spacial score (nSPS) is 24.9. The zero-order valence-electron chi connectivity index (χ0n) is 11.8. The summed E-state index contributed by atoms with van der Waals surface area (Å²) in [4.78, 5) is 2.26. The van der Waals surface area contributed by atoms with Crippen LogP contribution in [-0.2, 0) is 0 Å². The summed E-state index contributed by atoms with van der Waals surface area (Å²) in [5.74, 6) is -1.46. The number of nitrogens with one attached hydrogen (secondary N) is 1. The molecule has 1 aliphatic heterocycles. The van der Waals surface area contributed by atoms with Gasteiger partial charge in [0.1, 0.15) is 0 Å². The lowest BCUT2D eigenvalue weighted by Gasteiger charge is -2.42. The Morgan fingerprint density at radius 3 is 2.68 bits per heavy atom. The van der Waals surface area contributed by atoms with E-state index in [0.29, 0.717) is 17.6 Å². The summed E-state index contributed by atoms with van der Waals surface area (Å²) in [5.41, 5.74) is 0.480. The van der Waals surface area contributed by atoms with Gasteiger partial charge >= 0.3 is 0 Å². The van der Waals surface area contributed by atoms with Gasteiger partial charge in [0, 0.05) is 30.2 Å². The van der Waals surface area contributed by atoms with Crippen molar-refractivity contribution in [1.29, 1.82) is 0 Å². The van der Waals surface area contributed by atoms with Crippen molar-refractivity contribution in [3.05, 3.63) is 35.4 Å². The van der Waals surface area contributed by atoms with Crippen LogP contribution in [0.3, 0.4) is 0 Å². The molecule has 0 saturated carbocycles. The molecule has 2 rings (SSSR count). The highest BCUT2D eigenvalue weighted by atomic mass is 19.2. The van der Waals surface area contributed by atoms with Crippen molar-refractivity contribution in [3.63, 3.8) is 0 Å². The van der Waals surface area contributed by atoms with Gasteiger partial charge in [-0.15, -0.1) is 0 Å². The third-order valence-corrected chi connectivity index (χ3v) is 4.06. The van der Waals surface area contributed by atoms with E-state index in [1.165, 1.54) is 6.07 Å². The number of nitrogens with zero attached hydrogens (tertiary/aromatic N) is 1. The summed E-state index contributed by atoms with van der Waals surface area (Å²) in [6.07, 6.45) is 1.86. The molecule has 0 aliphatic carbocycles. The summed E-state index contributed by atoms with van der Waals surface area (Å²) >= 11 is 0. The first-order chi connectivity index (χ1) is 9.04. The Balaban J connectivity index is 2.33. The van der Waals surface area contributed by atoms with Gasteiger partial charge in [0.05, 0.1) is 0 Å². The van der Waals surface area contributed by atoms with E-state index in [1.54, 1.807) is 12.1 Å². The maximum atomic E-state index is 14.0. The maximum absolute atomic E-state index is 14.0. The highest BCUT2D eigenvalue weighted by molar-refractivity contribution is 5.23. The van der Waals surface area contributed by atoms with Crippen LogP contribution in [-0.4, -0.2) is 30.6 Å². The largest absolute Gasteiger partial charge is 0.317 e. The van der Waals surface area contributed by atoms with E-state index in [9.17, 15) is 8.78 Å². The van der Waals surface area contributed by atoms with E-state index < -0.39 is 11.6 Å². The fraction of sp³-hybridized carbons (Fsp3) is 0.600. The van der Waals surface area contributed by atoms with Crippen LogP contribution >= 0.6 is 0 Å². The minimum absolute atomic E-state index is 0.0538. The lowest BCUT2D eigenvalue weighted by molar-refractivity contribution is 0.0917. The van der Waals surface area contributed by atoms with Crippen molar-refractivity contribution in [1.82, 2.24) is 10.2 Å². The van der Waals surface area contributed by atoms with Gasteiger partial charge in [0.2, 0.25) is 0 Å². The summed E-state index contributed by atoms with van der Waals surface area (Å²) < 4.78 is 27.5. The highest BCUT2D eigenvalue weighted by Gasteiger charge is 2.32. The summed E-state index contributed by atoms with van der Waals surface area (Å²) in [6, 6.07) is 5.11. The Hall–Kier alpha value is -1.00. The zero-order chi connectivity index (χ0) is 14.0. The van der Waals surface area contributed by atoms with E-state index >= 15 is 0 Å². The summed E-state index contributed by atoms with van der Waals surface area (Å²) in [7, 11) is 1.93. The molecule has 2 nitrogen and oxygen atoms in total. The number of hydrogen-bond acceptors (Lipinski definition) is 2. The lowest BCUT2D eigenvalue weighted by Crippen LogP contribution is -2.46. The van der Waals surface area contributed by atoms with Gasteiger partial charge in [-0.1, -0.05) is 12.1 Å². The molecular weight excluding hydrogens is 246 g/mol. The molecule has 1 fully saturated rings. The minimum Gasteiger partial charge on any atom is -0.317 e. The van der Waals surface area contributed by atoms with Crippen molar-refractivity contribution in [2.75, 3.05) is 13.6 Å². The van der Waals surface area contributed by atoms with Gasteiger partial charge < -0.3 is 5.32 Å². The first-order valence-corrected chi connectivity index (χ1v) is 6.91. The topological polar surface area (TPSA) is 15.3 Å². The average molecular weight is 268 g/mol. The Kier molecular flexibility index (Phi) is 4.53. The van der Waals surface area contributed by atoms with E-state index in [1.807, 2.05) is 7.05 Å². The third-order valence-electron chi connectivity index (χ3n) is 4.06. The SMILES string of the molecule is CN[C@@H]1CCN(C(C)C)[C@H](c2cccc(F)c2F)C1. The quantitative estimate of drug-likeness (QED) is 0.906. The first-order valence-electron chi connectivity index (χ1n) is 6.91. The molecule has 0 aromatic heterocycles. The third kappa shape index (κ3) is 2.95. The Labute approximate surface area is 113 Å². The van der Waals surface area contributed by atoms with E-state index in [-0.39, 0.29) is 6.04 Å². The molecule has 0 spiro atoms. The Morgan fingerprint density at radius 1 is 1.32 bits per heavy atom. The maximum Gasteiger partial charge on any atom is 0.163 e. The molecule has 0 unspecified atom stereocenters. The fourth-order valence-electron chi connectivity index (χ4n) is 2.95. The molecule has 106 valence electrons. The summed E-state index contributed by atoms with van der Waals surface area (Å²) in [6.45, 7) is 5.11. The molecule has 1 aromatic rings. The highest BCUT2D eigenvalue weighted by Crippen LogP contribution is 2.34. The molecular formula is C15H22F2N2. The van der Waals surface area contributed by atoms with E-state index in [4.69, 9.17) is 0 Å². The van der Waals surface area contributed by atoms with Gasteiger partial charge in [-0.25, -0.2) is 8.78 Å². The van der Waals surface area contributed by atoms with Gasteiger partial charge in [0.15, 0.2) is 11.6 Å². The molecule has 1 N–H and O–H groups in total. The van der Waals surface area contributed by atoms with Crippen LogP contribution in [0.4, 0.5) is 8.78 Å². The monoisotopic (exact) mass is 268 g/mol. The lowest BCUT2D eigenvalue weighted by atomic mass is 9.90. The van der Waals surface area contributed by atoms with Crippen molar-refractivity contribution in [2.45, 2.75) is 44.8 Å². The van der Waals surface area contributed by atoms with Gasteiger partial charge in [0.25, 0.3) is 0 Å². The second-order valence-corrected chi connectivity index (χ2v) is 5.50. The molecule has 0 amide bonds. The minimum atomic E-state index is -0.757. The van der Waals surface area contributed by atoms with Crippen LogP contribution in [0, 0.1) is 11.6 Å². The van der Waals surface area contributed by atoms with Crippen LogP contribution in [0.25, 0.3) is 0 Å². The van der Waals surface area contributed by atoms with Crippen molar-refractivity contribution >= 4 is 0 Å². The molecule has 1 aromatic carbocycles. The average Bonchev–Trinajstić information content (AvgIpc) is 2.41. The first kappa shape index (κ1) is 14.4. The van der Waals surface area contributed by atoms with Crippen molar-refractivity contribution in [3.8, 4) is 0 Å². The second kappa shape index (κ2) is 5.97. The predicted molar refractivity (Wildman–Crippen MR) is 73.0 cm³/mol. The van der Waals surface area contributed by atoms with Gasteiger partial charge in [-0.3, -0.25) is 4.90 Å². The molecule has 1 aliphatic rings. The predicted octanol–water partition coefficient (Wildman–Crippen LogP) is 3.10. The van der Waals surface area contributed by atoms with Crippen LogP contribution in [0.1, 0.15) is 38.3 Å². The zero-order valence-corrected chi connectivity index (χ0v) is 11.8. The molecule has 2 atom stereocenters. The molecule has 1 saturated heterocycles. The Bertz CT molecular complexity index is 434. The standard InChI is InChI=1S/C15H22F2N2/c1-10(2)19-8-7-11(18-3)9-14(19)12-5-4-6-13(16)15(12)17/h4-6,10-11,14,18H,7-9H2,1-3H3/t11-,14+/m1/s1. The number of likely N-dealkylation sites (tertiary alicyclic amines) is 1. The van der Waals surface area contributed by atoms with Crippen LogP contribution in [0.2, 0.25) is 0 Å². The number of halogens is 2. The van der Waals surface area contributed by atoms with Crippen molar-refractivity contribution < 1.29 is 8.78 Å². The van der Waals surface area contributed by atoms with E-state index in [0.717, 1.165) is 19.4 Å². The number of rotatable bonds is 3. The van der Waals surface area contributed by atoms with Crippen LogP contribution < -0.4 is 5.32 Å². The number of piperidine rings is 1. The van der Waals surface area contributed by atoms with Crippen LogP contribution in [0.5, 0.6) is 0 Å². The molecule has 1 heterocycles. The molecule has 0 radical (unpaired) electrons. The molecule has 19 heavy (non-hydrogen) atoms. The molecule has 0 bridgehead atoms. The smallest absolute Gasteiger partial charge is 0.163 e. The van der Waals surface area contributed by atoms with Crippen molar-refractivity contribution in [2.24, 2.45) is 0 Å². The fourth-order valence-corrected chi connectivity index (χ4v) is 2.95.